The fraction of sp³-hybridized carbons (Fsp3) is 0.625. The van der Waals surface area contributed by atoms with E-state index in [0.29, 0.717) is 0 Å². The van der Waals surface area contributed by atoms with Crippen molar-refractivity contribution in [2.24, 2.45) is 11.8 Å². The van der Waals surface area contributed by atoms with Crippen molar-refractivity contribution < 1.29 is 4.39 Å². The molecule has 0 saturated heterocycles. The summed E-state index contributed by atoms with van der Waals surface area (Å²) in [5.41, 5.74) is 1.17. The van der Waals surface area contributed by atoms with Crippen LogP contribution in [0.4, 0.5) is 4.39 Å². The van der Waals surface area contributed by atoms with Gasteiger partial charge in [-0.25, -0.2) is 4.39 Å². The molecule has 1 heteroatoms. The molecule has 0 aliphatic heterocycles. The van der Waals surface area contributed by atoms with Gasteiger partial charge in [0.1, 0.15) is 5.82 Å². The van der Waals surface area contributed by atoms with Gasteiger partial charge >= 0.3 is 0 Å². The highest BCUT2D eigenvalue weighted by molar-refractivity contribution is 5.17. The Labute approximate surface area is 104 Å². The molecule has 0 heterocycles. The SMILES string of the molecule is CCC(Cc1cccc(F)c1)C1CCCCC1. The lowest BCUT2D eigenvalue weighted by Gasteiger charge is -2.29. The van der Waals surface area contributed by atoms with Crippen LogP contribution in [0.5, 0.6) is 0 Å². The summed E-state index contributed by atoms with van der Waals surface area (Å²) in [7, 11) is 0. The van der Waals surface area contributed by atoms with Crippen LogP contribution in [0.25, 0.3) is 0 Å². The Morgan fingerprint density at radius 1 is 1.24 bits per heavy atom. The Morgan fingerprint density at radius 3 is 2.65 bits per heavy atom. The highest BCUT2D eigenvalue weighted by atomic mass is 19.1. The van der Waals surface area contributed by atoms with Crippen molar-refractivity contribution in [1.82, 2.24) is 0 Å². The summed E-state index contributed by atoms with van der Waals surface area (Å²) in [5, 5.41) is 0. The third-order valence-corrected chi connectivity index (χ3v) is 4.23. The van der Waals surface area contributed by atoms with Gasteiger partial charge in [0.2, 0.25) is 0 Å². The largest absolute Gasteiger partial charge is 0.207 e. The Bertz CT molecular complexity index is 339. The third kappa shape index (κ3) is 3.55. The average molecular weight is 234 g/mol. The molecule has 0 N–H and O–H groups in total. The molecule has 1 atom stereocenters. The van der Waals surface area contributed by atoms with Crippen LogP contribution in [0.1, 0.15) is 51.0 Å². The molecule has 0 spiro atoms. The highest BCUT2D eigenvalue weighted by Crippen LogP contribution is 2.33. The molecule has 1 aromatic carbocycles. The first-order valence-corrected chi connectivity index (χ1v) is 7.04. The Hall–Kier alpha value is -0.850. The molecule has 1 aliphatic carbocycles. The highest BCUT2D eigenvalue weighted by Gasteiger charge is 2.22. The lowest BCUT2D eigenvalue weighted by Crippen LogP contribution is -2.19. The summed E-state index contributed by atoms with van der Waals surface area (Å²) in [5.74, 6) is 1.52. The van der Waals surface area contributed by atoms with Crippen LogP contribution in [0.3, 0.4) is 0 Å². The fourth-order valence-corrected chi connectivity index (χ4v) is 3.22. The van der Waals surface area contributed by atoms with Crippen LogP contribution in [-0.4, -0.2) is 0 Å². The van der Waals surface area contributed by atoms with Crippen LogP contribution in [0, 0.1) is 17.7 Å². The zero-order valence-electron chi connectivity index (χ0n) is 10.8. The molecular weight excluding hydrogens is 211 g/mol. The molecular formula is C16H23F. The van der Waals surface area contributed by atoms with Crippen molar-refractivity contribution in [1.29, 1.82) is 0 Å². The van der Waals surface area contributed by atoms with Gasteiger partial charge in [-0.2, -0.15) is 0 Å². The van der Waals surface area contributed by atoms with Crippen LogP contribution in [0.15, 0.2) is 24.3 Å². The molecule has 1 aliphatic rings. The maximum Gasteiger partial charge on any atom is 0.123 e. The van der Waals surface area contributed by atoms with Gasteiger partial charge in [-0.1, -0.05) is 57.6 Å². The van der Waals surface area contributed by atoms with Gasteiger partial charge < -0.3 is 0 Å². The second-order valence-electron chi connectivity index (χ2n) is 5.40. The van der Waals surface area contributed by atoms with Crippen molar-refractivity contribution >= 4 is 0 Å². The van der Waals surface area contributed by atoms with Crippen LogP contribution in [0.2, 0.25) is 0 Å². The summed E-state index contributed by atoms with van der Waals surface area (Å²) in [6, 6.07) is 7.13. The van der Waals surface area contributed by atoms with E-state index in [0.717, 1.165) is 18.3 Å². The summed E-state index contributed by atoms with van der Waals surface area (Å²) < 4.78 is 13.2. The maximum absolute atomic E-state index is 13.2. The van der Waals surface area contributed by atoms with Crippen LogP contribution < -0.4 is 0 Å². The van der Waals surface area contributed by atoms with Crippen molar-refractivity contribution in [3.8, 4) is 0 Å². The Morgan fingerprint density at radius 2 is 2.00 bits per heavy atom. The number of halogens is 1. The van der Waals surface area contributed by atoms with E-state index in [2.05, 4.69) is 13.0 Å². The maximum atomic E-state index is 13.2. The van der Waals surface area contributed by atoms with Crippen molar-refractivity contribution in [2.75, 3.05) is 0 Å². The topological polar surface area (TPSA) is 0 Å². The van der Waals surface area contributed by atoms with Gasteiger partial charge in [0.15, 0.2) is 0 Å². The molecule has 0 amide bonds. The smallest absolute Gasteiger partial charge is 0.123 e. The molecule has 0 radical (unpaired) electrons. The number of hydrogen-bond acceptors (Lipinski definition) is 0. The molecule has 1 saturated carbocycles. The lowest BCUT2D eigenvalue weighted by molar-refractivity contribution is 0.240. The second kappa shape index (κ2) is 6.18. The zero-order valence-corrected chi connectivity index (χ0v) is 10.8. The summed E-state index contributed by atoms with van der Waals surface area (Å²) in [4.78, 5) is 0. The Balaban J connectivity index is 1.98. The second-order valence-corrected chi connectivity index (χ2v) is 5.40. The monoisotopic (exact) mass is 234 g/mol. The molecule has 17 heavy (non-hydrogen) atoms. The predicted molar refractivity (Wildman–Crippen MR) is 70.5 cm³/mol. The summed E-state index contributed by atoms with van der Waals surface area (Å²) in [6.07, 6.45) is 9.24. The molecule has 2 rings (SSSR count). The molecule has 0 nitrogen and oxygen atoms in total. The average Bonchev–Trinajstić information content (AvgIpc) is 2.37. The molecule has 94 valence electrons. The van der Waals surface area contributed by atoms with E-state index in [4.69, 9.17) is 0 Å². The fourth-order valence-electron chi connectivity index (χ4n) is 3.22. The normalized spacial score (nSPS) is 19.2. The summed E-state index contributed by atoms with van der Waals surface area (Å²) >= 11 is 0. The quantitative estimate of drug-likeness (QED) is 0.689. The van der Waals surface area contributed by atoms with Crippen molar-refractivity contribution in [2.45, 2.75) is 51.9 Å². The minimum absolute atomic E-state index is 0.0963. The van der Waals surface area contributed by atoms with E-state index >= 15 is 0 Å². The minimum Gasteiger partial charge on any atom is -0.207 e. The first-order valence-electron chi connectivity index (χ1n) is 7.04. The van der Waals surface area contributed by atoms with E-state index in [9.17, 15) is 4.39 Å². The molecule has 1 unspecified atom stereocenters. The van der Waals surface area contributed by atoms with Crippen molar-refractivity contribution in [3.05, 3.63) is 35.6 Å². The summed E-state index contributed by atoms with van der Waals surface area (Å²) in [6.45, 7) is 2.28. The number of rotatable bonds is 4. The minimum atomic E-state index is -0.0963. The van der Waals surface area contributed by atoms with Crippen LogP contribution in [-0.2, 0) is 6.42 Å². The molecule has 0 aromatic heterocycles. The van der Waals surface area contributed by atoms with E-state index in [1.807, 2.05) is 6.07 Å². The number of hydrogen-bond donors (Lipinski definition) is 0. The van der Waals surface area contributed by atoms with Crippen LogP contribution >= 0.6 is 0 Å². The molecule has 1 fully saturated rings. The van der Waals surface area contributed by atoms with E-state index in [1.165, 1.54) is 50.2 Å². The van der Waals surface area contributed by atoms with Crippen molar-refractivity contribution in [3.63, 3.8) is 0 Å². The van der Waals surface area contributed by atoms with E-state index < -0.39 is 0 Å². The van der Waals surface area contributed by atoms with Gasteiger partial charge in [-0.05, 0) is 36.0 Å². The molecule has 1 aromatic rings. The van der Waals surface area contributed by atoms with E-state index in [-0.39, 0.29) is 5.82 Å². The van der Waals surface area contributed by atoms with Gasteiger partial charge in [0.25, 0.3) is 0 Å². The lowest BCUT2D eigenvalue weighted by atomic mass is 9.76. The predicted octanol–water partition coefficient (Wildman–Crippen LogP) is 4.97. The van der Waals surface area contributed by atoms with Gasteiger partial charge in [0.05, 0.1) is 0 Å². The standard InChI is InChI=1S/C16H23F/c1-2-14(15-8-4-3-5-9-15)11-13-7-6-10-16(17)12-13/h6-7,10,12,14-15H,2-5,8-9,11H2,1H3. The Kier molecular flexibility index (Phi) is 4.58. The number of benzene rings is 1. The third-order valence-electron chi connectivity index (χ3n) is 4.23. The van der Waals surface area contributed by atoms with Gasteiger partial charge in [-0.15, -0.1) is 0 Å². The first kappa shape index (κ1) is 12.6. The van der Waals surface area contributed by atoms with Gasteiger partial charge in [0, 0.05) is 0 Å². The van der Waals surface area contributed by atoms with Gasteiger partial charge in [-0.3, -0.25) is 0 Å². The first-order chi connectivity index (χ1) is 8.29. The molecule has 0 bridgehead atoms. The zero-order chi connectivity index (χ0) is 12.1. The van der Waals surface area contributed by atoms with E-state index in [1.54, 1.807) is 6.07 Å².